The number of hydrogen-bond acceptors (Lipinski definition) is 2. The summed E-state index contributed by atoms with van der Waals surface area (Å²) >= 11 is 11.6. The number of amides is 1. The fraction of sp³-hybridized carbons (Fsp3) is 0.444. The van der Waals surface area contributed by atoms with Crippen molar-refractivity contribution in [2.75, 3.05) is 10.7 Å². The molecule has 0 bridgehead atoms. The molecule has 0 aliphatic carbocycles. The van der Waals surface area contributed by atoms with Crippen LogP contribution in [0.2, 0.25) is 0 Å². The molecule has 1 N–H and O–H groups in total. The zero-order valence-electron chi connectivity index (χ0n) is 8.02. The summed E-state index contributed by atoms with van der Waals surface area (Å²) in [6, 6.07) is 1.82. The van der Waals surface area contributed by atoms with E-state index in [1.807, 2.05) is 18.4 Å². The van der Waals surface area contributed by atoms with E-state index in [-0.39, 0.29) is 11.4 Å². The van der Waals surface area contributed by atoms with Crippen LogP contribution >= 0.6 is 59.1 Å². The van der Waals surface area contributed by atoms with Gasteiger partial charge in [0.05, 0.1) is 14.9 Å². The number of hydrogen-bond donors (Lipinski definition) is 1. The minimum atomic E-state index is -0.258. The van der Waals surface area contributed by atoms with Gasteiger partial charge < -0.3 is 5.32 Å². The molecule has 0 fully saturated rings. The lowest BCUT2D eigenvalue weighted by molar-refractivity contribution is 0.0923. The molecule has 15 heavy (non-hydrogen) atoms. The summed E-state index contributed by atoms with van der Waals surface area (Å²) < 4.78 is 0.965. The van der Waals surface area contributed by atoms with Crippen molar-refractivity contribution in [1.29, 1.82) is 0 Å². The molecule has 1 heterocycles. The van der Waals surface area contributed by atoms with Crippen LogP contribution in [0.5, 0.6) is 0 Å². The van der Waals surface area contributed by atoms with Gasteiger partial charge in [-0.2, -0.15) is 0 Å². The fourth-order valence-electron chi connectivity index (χ4n) is 0.878. The third-order valence-electron chi connectivity index (χ3n) is 1.83. The summed E-state index contributed by atoms with van der Waals surface area (Å²) in [5.41, 5.74) is 0.436. The molecule has 0 saturated heterocycles. The van der Waals surface area contributed by atoms with Crippen LogP contribution in [0.3, 0.4) is 0 Å². The Labute approximate surface area is 118 Å². The van der Waals surface area contributed by atoms with E-state index < -0.39 is 0 Å². The maximum atomic E-state index is 11.8. The van der Waals surface area contributed by atoms with E-state index in [0.29, 0.717) is 16.2 Å². The summed E-state index contributed by atoms with van der Waals surface area (Å²) in [4.78, 5) is 11.8. The number of nitrogens with one attached hydrogen (secondary N) is 1. The normalized spacial score (nSPS) is 11.5. The van der Waals surface area contributed by atoms with Crippen molar-refractivity contribution < 1.29 is 4.79 Å². The highest BCUT2D eigenvalue weighted by atomic mass is 79.9. The molecule has 0 radical (unpaired) electrons. The second-order valence-electron chi connectivity index (χ2n) is 3.42. The van der Waals surface area contributed by atoms with Crippen LogP contribution in [-0.4, -0.2) is 22.1 Å². The maximum Gasteiger partial charge on any atom is 0.252 e. The summed E-state index contributed by atoms with van der Waals surface area (Å²) in [5.74, 6) is -0.0432. The van der Waals surface area contributed by atoms with Crippen LogP contribution in [0.15, 0.2) is 15.2 Å². The minimum Gasteiger partial charge on any atom is -0.345 e. The van der Waals surface area contributed by atoms with Crippen molar-refractivity contribution in [3.05, 3.63) is 20.8 Å². The summed E-state index contributed by atoms with van der Waals surface area (Å²) in [7, 11) is 0. The van der Waals surface area contributed by atoms with Crippen molar-refractivity contribution in [1.82, 2.24) is 5.32 Å². The lowest BCUT2D eigenvalue weighted by atomic mass is 10.1. The monoisotopic (exact) mass is 417 g/mol. The molecule has 84 valence electrons. The summed E-state index contributed by atoms with van der Waals surface area (Å²) in [5, 5.41) is 6.23. The molecule has 0 aliphatic rings. The molecule has 0 saturated carbocycles. The molecular formula is C9H10Br3NOS. The molecule has 0 atom stereocenters. The maximum absolute atomic E-state index is 11.8. The standard InChI is InChI=1S/C9H10Br3NOS/c1-9(4-10,5-11)13-8(14)6-2-7(12)15-3-6/h2-3H,4-5H2,1H3,(H,13,14). The number of halogens is 3. The predicted octanol–water partition coefficient (Wildman–Crippen LogP) is 3.79. The van der Waals surface area contributed by atoms with E-state index in [2.05, 4.69) is 53.1 Å². The van der Waals surface area contributed by atoms with Crippen molar-refractivity contribution in [2.45, 2.75) is 12.5 Å². The zero-order valence-corrected chi connectivity index (χ0v) is 13.6. The number of alkyl halides is 2. The Hall–Kier alpha value is 0.610. The average Bonchev–Trinajstić information content (AvgIpc) is 2.65. The highest BCUT2D eigenvalue weighted by molar-refractivity contribution is 9.11. The Kier molecular flexibility index (Phi) is 5.28. The third kappa shape index (κ3) is 3.84. The fourth-order valence-corrected chi connectivity index (χ4v) is 3.22. The topological polar surface area (TPSA) is 29.1 Å². The minimum absolute atomic E-state index is 0.0432. The summed E-state index contributed by atoms with van der Waals surface area (Å²) in [6.07, 6.45) is 0. The number of rotatable bonds is 4. The van der Waals surface area contributed by atoms with Gasteiger partial charge in [-0.15, -0.1) is 11.3 Å². The number of carbonyl (C=O) groups is 1. The molecular weight excluding hydrogens is 410 g/mol. The Morgan fingerprint density at radius 3 is 2.53 bits per heavy atom. The van der Waals surface area contributed by atoms with Crippen LogP contribution in [0.1, 0.15) is 17.3 Å². The highest BCUT2D eigenvalue weighted by Gasteiger charge is 2.24. The van der Waals surface area contributed by atoms with Gasteiger partial charge in [-0.25, -0.2) is 0 Å². The Bertz CT molecular complexity index is 349. The first kappa shape index (κ1) is 13.7. The molecule has 0 aromatic carbocycles. The highest BCUT2D eigenvalue weighted by Crippen LogP contribution is 2.21. The SMILES string of the molecule is CC(CBr)(CBr)NC(=O)c1csc(Br)c1. The predicted molar refractivity (Wildman–Crippen MR) is 75.5 cm³/mol. The van der Waals surface area contributed by atoms with Gasteiger partial charge in [0.15, 0.2) is 0 Å². The van der Waals surface area contributed by atoms with Crippen LogP contribution in [0.25, 0.3) is 0 Å². The first-order chi connectivity index (χ1) is 7.00. The van der Waals surface area contributed by atoms with E-state index in [0.717, 1.165) is 3.79 Å². The van der Waals surface area contributed by atoms with E-state index in [1.54, 1.807) is 0 Å². The Morgan fingerprint density at radius 1 is 1.53 bits per heavy atom. The van der Waals surface area contributed by atoms with Gasteiger partial charge in [0.1, 0.15) is 0 Å². The Balaban J connectivity index is 2.71. The average molecular weight is 420 g/mol. The summed E-state index contributed by atoms with van der Waals surface area (Å²) in [6.45, 7) is 1.98. The molecule has 1 aromatic rings. The molecule has 1 amide bonds. The first-order valence-corrected chi connectivity index (χ1v) is 8.11. The van der Waals surface area contributed by atoms with E-state index in [1.165, 1.54) is 11.3 Å². The molecule has 0 unspecified atom stereocenters. The lowest BCUT2D eigenvalue weighted by Crippen LogP contribution is -2.48. The smallest absolute Gasteiger partial charge is 0.252 e. The zero-order chi connectivity index (χ0) is 11.5. The van der Waals surface area contributed by atoms with Gasteiger partial charge in [-0.3, -0.25) is 4.79 Å². The van der Waals surface area contributed by atoms with Crippen LogP contribution < -0.4 is 5.32 Å². The molecule has 1 rings (SSSR count). The van der Waals surface area contributed by atoms with Crippen molar-refractivity contribution in [3.8, 4) is 0 Å². The quantitative estimate of drug-likeness (QED) is 0.739. The largest absolute Gasteiger partial charge is 0.345 e. The van der Waals surface area contributed by atoms with E-state index in [4.69, 9.17) is 0 Å². The van der Waals surface area contributed by atoms with Crippen molar-refractivity contribution in [3.63, 3.8) is 0 Å². The second kappa shape index (κ2) is 5.80. The van der Waals surface area contributed by atoms with Gasteiger partial charge in [-0.05, 0) is 28.9 Å². The molecule has 1 aromatic heterocycles. The molecule has 6 heteroatoms. The molecule has 0 aliphatic heterocycles. The molecule has 2 nitrogen and oxygen atoms in total. The van der Waals surface area contributed by atoms with E-state index >= 15 is 0 Å². The lowest BCUT2D eigenvalue weighted by Gasteiger charge is -2.26. The van der Waals surface area contributed by atoms with Gasteiger partial charge in [0.2, 0.25) is 0 Å². The van der Waals surface area contributed by atoms with Gasteiger partial charge in [-0.1, -0.05) is 31.9 Å². The number of carbonyl (C=O) groups excluding carboxylic acids is 1. The Morgan fingerprint density at radius 2 is 2.13 bits per heavy atom. The second-order valence-corrected chi connectivity index (χ2v) is 6.83. The van der Waals surface area contributed by atoms with Gasteiger partial charge >= 0.3 is 0 Å². The van der Waals surface area contributed by atoms with Crippen molar-refractivity contribution in [2.24, 2.45) is 0 Å². The van der Waals surface area contributed by atoms with E-state index in [9.17, 15) is 4.79 Å². The third-order valence-corrected chi connectivity index (χ3v) is 5.81. The molecule has 0 spiro atoms. The van der Waals surface area contributed by atoms with Crippen LogP contribution in [0, 0.1) is 0 Å². The van der Waals surface area contributed by atoms with Gasteiger partial charge in [0.25, 0.3) is 5.91 Å². The van der Waals surface area contributed by atoms with Crippen LogP contribution in [0.4, 0.5) is 0 Å². The van der Waals surface area contributed by atoms with Crippen molar-refractivity contribution >= 4 is 65.0 Å². The first-order valence-electron chi connectivity index (χ1n) is 4.19. The number of thiophene rings is 1. The van der Waals surface area contributed by atoms with Gasteiger partial charge in [0, 0.05) is 16.0 Å². The van der Waals surface area contributed by atoms with Crippen LogP contribution in [-0.2, 0) is 0 Å².